The number of hydrogen-bond donors (Lipinski definition) is 0. The molecule has 0 aliphatic heterocycles. The Kier molecular flexibility index (Phi) is 11.1. The van der Waals surface area contributed by atoms with Crippen molar-refractivity contribution in [2.75, 3.05) is 6.61 Å². The number of benzene rings is 3. The molecule has 0 bridgehead atoms. The molecule has 1 heterocycles. The molecule has 4 aromatic rings. The van der Waals surface area contributed by atoms with Crippen molar-refractivity contribution in [3.8, 4) is 16.9 Å². The van der Waals surface area contributed by atoms with Gasteiger partial charge in [0.2, 0.25) is 0 Å². The minimum absolute atomic E-state index is 0.0356. The molecule has 7 heteroatoms. The monoisotopic (exact) mass is 588 g/mol. The van der Waals surface area contributed by atoms with Gasteiger partial charge in [0.25, 0.3) is 0 Å². The fourth-order valence-corrected chi connectivity index (χ4v) is 5.67. The summed E-state index contributed by atoms with van der Waals surface area (Å²) in [5.41, 5.74) is 4.66. The molecule has 5 nitrogen and oxygen atoms in total. The van der Waals surface area contributed by atoms with Crippen LogP contribution in [0.2, 0.25) is 5.02 Å². The molecule has 0 spiro atoms. The number of unbranched alkanes of at least 4 members (excludes halogenated alkanes) is 1. The van der Waals surface area contributed by atoms with Crippen molar-refractivity contribution in [3.63, 3.8) is 0 Å². The smallest absolute Gasteiger partial charge is 0.160 e. The molecule has 4 rings (SSSR count). The van der Waals surface area contributed by atoms with E-state index in [1.54, 1.807) is 24.7 Å². The molecule has 1 aromatic heterocycles. The first kappa shape index (κ1) is 30.5. The van der Waals surface area contributed by atoms with Gasteiger partial charge in [0.15, 0.2) is 5.78 Å². The first-order valence-corrected chi connectivity index (χ1v) is 15.7. The first-order valence-electron chi connectivity index (χ1n) is 14.0. The molecule has 0 aliphatic rings. The number of allylic oxidation sites excluding steroid dienone is 1. The normalized spacial score (nSPS) is 12.2. The summed E-state index contributed by atoms with van der Waals surface area (Å²) in [5, 5.41) is 0.582. The molecule has 0 radical (unpaired) electrons. The van der Waals surface area contributed by atoms with Gasteiger partial charge >= 0.3 is 0 Å². The van der Waals surface area contributed by atoms with Crippen LogP contribution in [0.3, 0.4) is 0 Å². The van der Waals surface area contributed by atoms with Crippen LogP contribution in [0.5, 0.6) is 5.75 Å². The number of carbonyl (C=O) groups is 1. The Morgan fingerprint density at radius 2 is 1.78 bits per heavy atom. The average molecular weight is 589 g/mol. The third-order valence-electron chi connectivity index (χ3n) is 6.60. The van der Waals surface area contributed by atoms with Gasteiger partial charge in [-0.2, -0.15) is 0 Å². The molecule has 214 valence electrons. The van der Waals surface area contributed by atoms with Gasteiger partial charge in [-0.3, -0.25) is 9.00 Å². The van der Waals surface area contributed by atoms with Crippen molar-refractivity contribution < 1.29 is 13.7 Å². The summed E-state index contributed by atoms with van der Waals surface area (Å²) in [6.45, 7) is 8.00. The molecule has 0 amide bonds. The van der Waals surface area contributed by atoms with Gasteiger partial charge in [0.05, 0.1) is 35.2 Å². The predicted octanol–water partition coefficient (Wildman–Crippen LogP) is 8.17. The minimum atomic E-state index is -1.19. The van der Waals surface area contributed by atoms with E-state index in [1.807, 2.05) is 66.7 Å². The Hall–Kier alpha value is -3.48. The van der Waals surface area contributed by atoms with Crippen LogP contribution in [0.1, 0.15) is 50.4 Å². The standard InChI is InChI=1S/C34H37ClN2O3S/c1-4-5-18-40-32-13-9-27(10-14-32)28-11-17-34(35)29(20-28)8-12-31(38)19-26-6-15-33(16-7-26)41(39)23-30-21-36-24-37(30)22-25(2)3/h6-17,20-21,24-25H,4-5,18-19,22-23H2,1-3H3/b12-8+/t41-/m1/s1. The number of carbonyl (C=O) groups excluding carboxylic acids is 1. The van der Waals surface area contributed by atoms with E-state index in [2.05, 4.69) is 30.3 Å². The summed E-state index contributed by atoms with van der Waals surface area (Å²) in [6, 6.07) is 21.2. The Balaban J connectivity index is 1.35. The summed E-state index contributed by atoms with van der Waals surface area (Å²) in [4.78, 5) is 17.7. The number of aromatic nitrogens is 2. The molecular formula is C34H37ClN2O3S. The Morgan fingerprint density at radius 3 is 2.49 bits per heavy atom. The lowest BCUT2D eigenvalue weighted by Crippen LogP contribution is -2.09. The maximum atomic E-state index is 12.9. The largest absolute Gasteiger partial charge is 0.494 e. The Bertz CT molecular complexity index is 1490. The van der Waals surface area contributed by atoms with Gasteiger partial charge in [-0.1, -0.05) is 69.1 Å². The Labute approximate surface area is 250 Å². The second kappa shape index (κ2) is 14.9. The van der Waals surface area contributed by atoms with Crippen LogP contribution in [-0.2, 0) is 34.3 Å². The van der Waals surface area contributed by atoms with E-state index in [0.29, 0.717) is 16.7 Å². The van der Waals surface area contributed by atoms with Gasteiger partial charge in [-0.25, -0.2) is 4.98 Å². The zero-order valence-electron chi connectivity index (χ0n) is 23.9. The SMILES string of the molecule is CCCCOc1ccc(-c2ccc(Cl)c(/C=C/C(=O)Cc3ccc([S@](=O)Cc4cncn4CC(C)C)cc3)c2)cc1. The highest BCUT2D eigenvalue weighted by Gasteiger charge is 2.11. The van der Waals surface area contributed by atoms with Crippen LogP contribution in [0.4, 0.5) is 0 Å². The third kappa shape index (κ3) is 9.00. The van der Waals surface area contributed by atoms with Crippen molar-refractivity contribution in [2.24, 2.45) is 5.92 Å². The van der Waals surface area contributed by atoms with Crippen molar-refractivity contribution >= 4 is 34.3 Å². The van der Waals surface area contributed by atoms with E-state index >= 15 is 0 Å². The van der Waals surface area contributed by atoms with Crippen LogP contribution in [0.15, 0.2) is 90.2 Å². The van der Waals surface area contributed by atoms with Crippen LogP contribution < -0.4 is 4.74 Å². The van der Waals surface area contributed by atoms with Gasteiger partial charge in [-0.05, 0) is 83.1 Å². The number of hydrogen-bond acceptors (Lipinski definition) is 4. The molecule has 0 fully saturated rings. The lowest BCUT2D eigenvalue weighted by molar-refractivity contribution is -0.113. The van der Waals surface area contributed by atoms with E-state index in [9.17, 15) is 9.00 Å². The summed E-state index contributed by atoms with van der Waals surface area (Å²) in [7, 11) is -1.19. The maximum Gasteiger partial charge on any atom is 0.160 e. The third-order valence-corrected chi connectivity index (χ3v) is 8.30. The zero-order chi connectivity index (χ0) is 29.2. The molecule has 0 N–H and O–H groups in total. The molecule has 41 heavy (non-hydrogen) atoms. The summed E-state index contributed by atoms with van der Waals surface area (Å²) in [6.07, 6.45) is 9.29. The lowest BCUT2D eigenvalue weighted by atomic mass is 10.0. The molecule has 1 atom stereocenters. The van der Waals surface area contributed by atoms with Crippen LogP contribution >= 0.6 is 11.6 Å². The molecule has 0 saturated heterocycles. The topological polar surface area (TPSA) is 61.2 Å². The fourth-order valence-electron chi connectivity index (χ4n) is 4.37. The number of halogens is 1. The van der Waals surface area contributed by atoms with E-state index < -0.39 is 10.8 Å². The number of rotatable bonds is 14. The number of ether oxygens (including phenoxy) is 1. The summed E-state index contributed by atoms with van der Waals surface area (Å²) >= 11 is 6.44. The summed E-state index contributed by atoms with van der Waals surface area (Å²) in [5.74, 6) is 1.71. The highest BCUT2D eigenvalue weighted by atomic mass is 35.5. The van der Waals surface area contributed by atoms with E-state index in [4.69, 9.17) is 16.3 Å². The van der Waals surface area contributed by atoms with Crippen molar-refractivity contribution in [1.29, 1.82) is 0 Å². The number of ketones is 1. The van der Waals surface area contributed by atoms with E-state index in [0.717, 1.165) is 64.6 Å². The first-order chi connectivity index (χ1) is 19.8. The quantitative estimate of drug-likeness (QED) is 0.110. The molecule has 0 unspecified atom stereocenters. The second-order valence-corrected chi connectivity index (χ2v) is 12.4. The van der Waals surface area contributed by atoms with Crippen molar-refractivity contribution in [2.45, 2.75) is 57.2 Å². The van der Waals surface area contributed by atoms with Crippen LogP contribution in [0.25, 0.3) is 17.2 Å². The van der Waals surface area contributed by atoms with E-state index in [1.165, 1.54) is 0 Å². The van der Waals surface area contributed by atoms with Gasteiger partial charge in [0, 0.05) is 29.1 Å². The molecule has 0 saturated carbocycles. The van der Waals surface area contributed by atoms with Crippen molar-refractivity contribution in [3.05, 3.63) is 107 Å². The average Bonchev–Trinajstić information content (AvgIpc) is 3.39. The molecule has 3 aromatic carbocycles. The zero-order valence-corrected chi connectivity index (χ0v) is 25.5. The molecular weight excluding hydrogens is 552 g/mol. The highest BCUT2D eigenvalue weighted by molar-refractivity contribution is 7.84. The lowest BCUT2D eigenvalue weighted by Gasteiger charge is -2.10. The number of nitrogens with zero attached hydrogens (tertiary/aromatic N) is 2. The predicted molar refractivity (Wildman–Crippen MR) is 169 cm³/mol. The minimum Gasteiger partial charge on any atom is -0.494 e. The van der Waals surface area contributed by atoms with Crippen LogP contribution in [-0.4, -0.2) is 26.2 Å². The Morgan fingerprint density at radius 1 is 1.05 bits per heavy atom. The van der Waals surface area contributed by atoms with E-state index in [-0.39, 0.29) is 12.2 Å². The highest BCUT2D eigenvalue weighted by Crippen LogP contribution is 2.28. The van der Waals surface area contributed by atoms with Gasteiger partial charge < -0.3 is 9.30 Å². The second-order valence-electron chi connectivity index (χ2n) is 10.5. The van der Waals surface area contributed by atoms with Gasteiger partial charge in [0.1, 0.15) is 5.75 Å². The summed E-state index contributed by atoms with van der Waals surface area (Å²) < 4.78 is 20.8. The van der Waals surface area contributed by atoms with Crippen LogP contribution in [0, 0.1) is 5.92 Å². The maximum absolute atomic E-state index is 12.9. The molecule has 0 aliphatic carbocycles. The fraction of sp³-hybridized carbons (Fsp3) is 0.294. The number of imidazole rings is 1. The van der Waals surface area contributed by atoms with Gasteiger partial charge in [-0.15, -0.1) is 0 Å². The van der Waals surface area contributed by atoms with Crippen molar-refractivity contribution in [1.82, 2.24) is 9.55 Å².